The molecule has 1 fully saturated rings. The van der Waals surface area contributed by atoms with Crippen molar-refractivity contribution in [1.29, 1.82) is 0 Å². The van der Waals surface area contributed by atoms with Gasteiger partial charge in [0.05, 0.1) is 17.6 Å². The van der Waals surface area contributed by atoms with E-state index in [0.29, 0.717) is 5.02 Å². The van der Waals surface area contributed by atoms with Gasteiger partial charge in [0, 0.05) is 10.2 Å². The minimum absolute atomic E-state index is 0.712. The first-order valence-electron chi connectivity index (χ1n) is 5.23. The van der Waals surface area contributed by atoms with Crippen LogP contribution in [0, 0.1) is 0 Å². The lowest BCUT2D eigenvalue weighted by atomic mass is 10.3. The summed E-state index contributed by atoms with van der Waals surface area (Å²) in [5, 5.41) is 0.712. The Morgan fingerprint density at radius 1 is 1.53 bits per heavy atom. The van der Waals surface area contributed by atoms with Gasteiger partial charge in [0.1, 0.15) is 4.32 Å². The number of halogens is 2. The van der Waals surface area contributed by atoms with Crippen molar-refractivity contribution in [2.24, 2.45) is 0 Å². The van der Waals surface area contributed by atoms with Crippen LogP contribution in [-0.2, 0) is 0 Å². The Kier molecular flexibility index (Phi) is 4.72. The van der Waals surface area contributed by atoms with Crippen LogP contribution in [0.15, 0.2) is 22.7 Å². The van der Waals surface area contributed by atoms with Gasteiger partial charge < -0.3 is 4.90 Å². The SMILES string of the molecule is CCN1CSC(=S)N(c2ccc(Br)c(Cl)c2)C1. The molecule has 0 saturated carbocycles. The maximum atomic E-state index is 6.11. The fraction of sp³-hybridized carbons (Fsp3) is 0.364. The second kappa shape index (κ2) is 5.89. The first kappa shape index (κ1) is 13.6. The van der Waals surface area contributed by atoms with Gasteiger partial charge in [0.25, 0.3) is 0 Å². The highest BCUT2D eigenvalue weighted by atomic mass is 79.9. The molecule has 0 bridgehead atoms. The van der Waals surface area contributed by atoms with Gasteiger partial charge in [-0.25, -0.2) is 0 Å². The molecule has 2 nitrogen and oxygen atoms in total. The summed E-state index contributed by atoms with van der Waals surface area (Å²) in [5.74, 6) is 0.968. The molecule has 92 valence electrons. The van der Waals surface area contributed by atoms with E-state index >= 15 is 0 Å². The van der Waals surface area contributed by atoms with Crippen LogP contribution in [0.2, 0.25) is 5.02 Å². The van der Waals surface area contributed by atoms with Gasteiger partial charge in [-0.05, 0) is 40.7 Å². The van der Waals surface area contributed by atoms with Gasteiger partial charge in [-0.3, -0.25) is 4.90 Å². The molecule has 1 aromatic carbocycles. The lowest BCUT2D eigenvalue weighted by Crippen LogP contribution is -2.44. The highest BCUT2D eigenvalue weighted by molar-refractivity contribution is 9.10. The van der Waals surface area contributed by atoms with Crippen molar-refractivity contribution in [3.05, 3.63) is 27.7 Å². The summed E-state index contributed by atoms with van der Waals surface area (Å²) in [5.41, 5.74) is 1.05. The summed E-state index contributed by atoms with van der Waals surface area (Å²) >= 11 is 16.6. The zero-order chi connectivity index (χ0) is 12.4. The molecule has 17 heavy (non-hydrogen) atoms. The first-order chi connectivity index (χ1) is 8.11. The third-order valence-electron chi connectivity index (χ3n) is 2.59. The number of hydrogen-bond acceptors (Lipinski definition) is 3. The molecular weight excluding hydrogens is 340 g/mol. The number of benzene rings is 1. The standard InChI is InChI=1S/C11H12BrClN2S2/c1-2-14-6-15(11(16)17-7-14)8-3-4-9(12)10(13)5-8/h3-5H,2,6-7H2,1H3. The molecule has 0 aromatic heterocycles. The Morgan fingerprint density at radius 2 is 2.29 bits per heavy atom. The van der Waals surface area contributed by atoms with Crippen molar-refractivity contribution in [1.82, 2.24) is 4.90 Å². The summed E-state index contributed by atoms with van der Waals surface area (Å²) in [6.45, 7) is 4.01. The fourth-order valence-electron chi connectivity index (χ4n) is 1.55. The van der Waals surface area contributed by atoms with Gasteiger partial charge in [-0.2, -0.15) is 0 Å². The third-order valence-corrected chi connectivity index (χ3v) is 5.36. The van der Waals surface area contributed by atoms with Crippen LogP contribution in [0.3, 0.4) is 0 Å². The zero-order valence-electron chi connectivity index (χ0n) is 9.32. The number of thiocarbonyl (C=S) groups is 1. The number of thioether (sulfide) groups is 1. The molecule has 2 rings (SSSR count). The Labute approximate surface area is 124 Å². The molecule has 0 unspecified atom stereocenters. The van der Waals surface area contributed by atoms with Crippen LogP contribution in [0.1, 0.15) is 6.92 Å². The molecule has 1 heterocycles. The van der Waals surface area contributed by atoms with Crippen LogP contribution in [-0.4, -0.2) is 28.3 Å². The summed E-state index contributed by atoms with van der Waals surface area (Å²) in [6, 6.07) is 5.93. The molecule has 6 heteroatoms. The lowest BCUT2D eigenvalue weighted by molar-refractivity contribution is 0.347. The monoisotopic (exact) mass is 350 g/mol. The van der Waals surface area contributed by atoms with Crippen LogP contribution < -0.4 is 4.90 Å². The highest BCUT2D eigenvalue weighted by Gasteiger charge is 2.22. The van der Waals surface area contributed by atoms with Gasteiger partial charge >= 0.3 is 0 Å². The van der Waals surface area contributed by atoms with Crippen molar-refractivity contribution in [2.45, 2.75) is 6.92 Å². The number of hydrogen-bond donors (Lipinski definition) is 0. The highest BCUT2D eigenvalue weighted by Crippen LogP contribution is 2.31. The second-order valence-corrected chi connectivity index (χ2v) is 6.53. The van der Waals surface area contributed by atoms with E-state index in [1.54, 1.807) is 11.8 Å². The molecule has 0 aliphatic carbocycles. The van der Waals surface area contributed by atoms with E-state index in [1.807, 2.05) is 18.2 Å². The van der Waals surface area contributed by atoms with Crippen LogP contribution in [0.5, 0.6) is 0 Å². The average molecular weight is 352 g/mol. The molecule has 1 saturated heterocycles. The van der Waals surface area contributed by atoms with Gasteiger partial charge in [-0.1, -0.05) is 42.5 Å². The predicted molar refractivity (Wildman–Crippen MR) is 83.9 cm³/mol. The van der Waals surface area contributed by atoms with Crippen molar-refractivity contribution >= 4 is 61.5 Å². The van der Waals surface area contributed by atoms with E-state index < -0.39 is 0 Å². The molecule has 0 radical (unpaired) electrons. The van der Waals surface area contributed by atoms with Crippen molar-refractivity contribution in [3.63, 3.8) is 0 Å². The number of rotatable bonds is 2. The molecule has 1 aromatic rings. The summed E-state index contributed by atoms with van der Waals surface area (Å²) in [4.78, 5) is 4.45. The minimum Gasteiger partial charge on any atom is -0.314 e. The molecule has 1 aliphatic heterocycles. The third kappa shape index (κ3) is 3.15. The second-order valence-electron chi connectivity index (χ2n) is 3.69. The topological polar surface area (TPSA) is 6.48 Å². The molecular formula is C11H12BrClN2S2. The number of anilines is 1. The molecule has 0 N–H and O–H groups in total. The summed E-state index contributed by atoms with van der Waals surface area (Å²) in [6.07, 6.45) is 0. The van der Waals surface area contributed by atoms with E-state index in [2.05, 4.69) is 32.7 Å². The maximum absolute atomic E-state index is 6.11. The normalized spacial score (nSPS) is 17.6. The lowest BCUT2D eigenvalue weighted by Gasteiger charge is -2.36. The minimum atomic E-state index is 0.712. The predicted octanol–water partition coefficient (Wildman–Crippen LogP) is 4.18. The molecule has 0 atom stereocenters. The van der Waals surface area contributed by atoms with Gasteiger partial charge in [0.2, 0.25) is 0 Å². The van der Waals surface area contributed by atoms with Crippen molar-refractivity contribution < 1.29 is 0 Å². The first-order valence-corrected chi connectivity index (χ1v) is 7.80. The van der Waals surface area contributed by atoms with Crippen LogP contribution in [0.4, 0.5) is 5.69 Å². The summed E-state index contributed by atoms with van der Waals surface area (Å²) in [7, 11) is 0. The molecule has 0 amide bonds. The van der Waals surface area contributed by atoms with Gasteiger partial charge in [-0.15, -0.1) is 0 Å². The van der Waals surface area contributed by atoms with Crippen LogP contribution in [0.25, 0.3) is 0 Å². The maximum Gasteiger partial charge on any atom is 0.143 e. The zero-order valence-corrected chi connectivity index (χ0v) is 13.3. The van der Waals surface area contributed by atoms with E-state index in [1.165, 1.54) is 0 Å². The van der Waals surface area contributed by atoms with Crippen LogP contribution >= 0.6 is 51.5 Å². The van der Waals surface area contributed by atoms with E-state index in [-0.39, 0.29) is 0 Å². The largest absolute Gasteiger partial charge is 0.314 e. The van der Waals surface area contributed by atoms with Crippen molar-refractivity contribution in [3.8, 4) is 0 Å². The Morgan fingerprint density at radius 3 is 2.94 bits per heavy atom. The molecule has 0 spiro atoms. The average Bonchev–Trinajstić information content (AvgIpc) is 2.33. The van der Waals surface area contributed by atoms with E-state index in [4.69, 9.17) is 23.8 Å². The van der Waals surface area contributed by atoms with E-state index in [9.17, 15) is 0 Å². The Bertz CT molecular complexity index is 441. The Balaban J connectivity index is 2.24. The van der Waals surface area contributed by atoms with E-state index in [0.717, 1.165) is 33.6 Å². The fourth-order valence-corrected chi connectivity index (χ4v) is 3.17. The smallest absolute Gasteiger partial charge is 0.143 e. The Hall–Kier alpha value is 0.190. The number of nitrogens with zero attached hydrogens (tertiary/aromatic N) is 2. The molecule has 1 aliphatic rings. The van der Waals surface area contributed by atoms with Crippen molar-refractivity contribution in [2.75, 3.05) is 24.0 Å². The van der Waals surface area contributed by atoms with Gasteiger partial charge in [0.15, 0.2) is 0 Å². The quantitative estimate of drug-likeness (QED) is 0.737. The summed E-state index contributed by atoms with van der Waals surface area (Å²) < 4.78 is 1.82.